The van der Waals surface area contributed by atoms with Crippen molar-refractivity contribution in [1.82, 2.24) is 5.32 Å². The second-order valence-corrected chi connectivity index (χ2v) is 1.52. The summed E-state index contributed by atoms with van der Waals surface area (Å²) in [4.78, 5) is 9.81. The SMILES string of the molecule is CCOC(=S)NC(=O)O. The van der Waals surface area contributed by atoms with Crippen LogP contribution < -0.4 is 5.32 Å². The molecule has 0 aromatic heterocycles. The fourth-order valence-corrected chi connectivity index (χ4v) is 0.460. The first-order valence-electron chi connectivity index (χ1n) is 2.33. The number of carboxylic acid groups (broad SMARTS) is 1. The van der Waals surface area contributed by atoms with E-state index in [4.69, 9.17) is 5.11 Å². The van der Waals surface area contributed by atoms with Gasteiger partial charge in [0, 0.05) is 0 Å². The van der Waals surface area contributed by atoms with Crippen LogP contribution in [0.25, 0.3) is 0 Å². The van der Waals surface area contributed by atoms with Gasteiger partial charge in [0.05, 0.1) is 6.61 Å². The van der Waals surface area contributed by atoms with E-state index >= 15 is 0 Å². The maximum absolute atomic E-state index is 9.81. The molecule has 5 heteroatoms. The lowest BCUT2D eigenvalue weighted by Gasteiger charge is -2.01. The summed E-state index contributed by atoms with van der Waals surface area (Å²) in [5, 5.41) is 9.79. The van der Waals surface area contributed by atoms with E-state index in [1.54, 1.807) is 6.92 Å². The zero-order chi connectivity index (χ0) is 7.28. The molecule has 0 unspecified atom stereocenters. The van der Waals surface area contributed by atoms with Gasteiger partial charge in [0.1, 0.15) is 0 Å². The van der Waals surface area contributed by atoms with E-state index in [2.05, 4.69) is 17.0 Å². The lowest BCUT2D eigenvalue weighted by atomic mass is 10.9. The average Bonchev–Trinajstić information content (AvgIpc) is 1.63. The van der Waals surface area contributed by atoms with Gasteiger partial charge >= 0.3 is 6.09 Å². The lowest BCUT2D eigenvalue weighted by Crippen LogP contribution is -2.28. The van der Waals surface area contributed by atoms with E-state index in [1.807, 2.05) is 5.32 Å². The molecule has 0 radical (unpaired) electrons. The van der Waals surface area contributed by atoms with Gasteiger partial charge in [0.2, 0.25) is 0 Å². The van der Waals surface area contributed by atoms with Crippen molar-refractivity contribution in [2.24, 2.45) is 0 Å². The Morgan fingerprint density at radius 3 is 2.78 bits per heavy atom. The summed E-state index contributed by atoms with van der Waals surface area (Å²) in [6.45, 7) is 2.09. The average molecular weight is 149 g/mol. The van der Waals surface area contributed by atoms with E-state index in [9.17, 15) is 4.79 Å². The number of thiocarbonyl (C=S) groups is 1. The topological polar surface area (TPSA) is 58.6 Å². The van der Waals surface area contributed by atoms with Crippen LogP contribution >= 0.6 is 12.2 Å². The lowest BCUT2D eigenvalue weighted by molar-refractivity contribution is 0.196. The third kappa shape index (κ3) is 5.02. The third-order valence-corrected chi connectivity index (χ3v) is 0.704. The Morgan fingerprint density at radius 1 is 1.89 bits per heavy atom. The molecule has 0 atom stereocenters. The molecule has 0 aromatic rings. The Bertz CT molecular complexity index is 125. The Balaban J connectivity index is 3.39. The predicted molar refractivity (Wildman–Crippen MR) is 35.4 cm³/mol. The molecule has 0 aromatic carbocycles. The zero-order valence-electron chi connectivity index (χ0n) is 4.88. The van der Waals surface area contributed by atoms with Gasteiger partial charge in [-0.3, -0.25) is 5.32 Å². The summed E-state index contributed by atoms with van der Waals surface area (Å²) in [6.07, 6.45) is -1.20. The van der Waals surface area contributed by atoms with E-state index < -0.39 is 6.09 Å². The number of hydrogen-bond donors (Lipinski definition) is 2. The summed E-state index contributed by atoms with van der Waals surface area (Å²) in [5.41, 5.74) is 0. The molecule has 0 heterocycles. The Kier molecular flexibility index (Phi) is 3.70. The highest BCUT2D eigenvalue weighted by Gasteiger charge is 1.98. The number of ether oxygens (including phenoxy) is 1. The molecule has 0 spiro atoms. The molecule has 0 saturated heterocycles. The third-order valence-electron chi connectivity index (χ3n) is 0.484. The van der Waals surface area contributed by atoms with Gasteiger partial charge in [-0.25, -0.2) is 4.79 Å². The molecule has 0 saturated carbocycles. The molecular weight excluding hydrogens is 142 g/mol. The van der Waals surface area contributed by atoms with Crippen LogP contribution in [0.1, 0.15) is 6.92 Å². The van der Waals surface area contributed by atoms with Crippen LogP contribution in [0.2, 0.25) is 0 Å². The number of amides is 1. The standard InChI is InChI=1S/C4H7NO3S/c1-2-8-4(9)5-3(6)7/h2H2,1H3,(H,5,9)(H,6,7). The van der Waals surface area contributed by atoms with Crippen LogP contribution in [0, 0.1) is 0 Å². The highest BCUT2D eigenvalue weighted by molar-refractivity contribution is 7.80. The zero-order valence-corrected chi connectivity index (χ0v) is 5.70. The first kappa shape index (κ1) is 8.16. The molecule has 0 fully saturated rings. The summed E-state index contributed by atoms with van der Waals surface area (Å²) < 4.78 is 4.59. The maximum atomic E-state index is 9.81. The number of rotatable bonds is 1. The minimum Gasteiger partial charge on any atom is -0.471 e. The Labute approximate surface area is 57.8 Å². The van der Waals surface area contributed by atoms with Gasteiger partial charge in [0.25, 0.3) is 5.17 Å². The van der Waals surface area contributed by atoms with Gasteiger partial charge < -0.3 is 9.84 Å². The molecule has 52 valence electrons. The number of hydrogen-bond acceptors (Lipinski definition) is 3. The fourth-order valence-electron chi connectivity index (χ4n) is 0.254. The van der Waals surface area contributed by atoms with Crippen molar-refractivity contribution in [2.75, 3.05) is 6.61 Å². The Morgan fingerprint density at radius 2 is 2.44 bits per heavy atom. The van der Waals surface area contributed by atoms with Gasteiger partial charge in [0.15, 0.2) is 0 Å². The van der Waals surface area contributed by atoms with Crippen molar-refractivity contribution in [2.45, 2.75) is 6.92 Å². The van der Waals surface area contributed by atoms with E-state index in [-0.39, 0.29) is 5.17 Å². The first-order valence-corrected chi connectivity index (χ1v) is 2.74. The summed E-state index contributed by atoms with van der Waals surface area (Å²) in [6, 6.07) is 0. The first-order chi connectivity index (χ1) is 4.16. The van der Waals surface area contributed by atoms with Crippen molar-refractivity contribution in [3.63, 3.8) is 0 Å². The van der Waals surface area contributed by atoms with Gasteiger partial charge in [-0.2, -0.15) is 0 Å². The van der Waals surface area contributed by atoms with Crippen LogP contribution in [0.15, 0.2) is 0 Å². The van der Waals surface area contributed by atoms with Crippen molar-refractivity contribution in [3.05, 3.63) is 0 Å². The molecule has 0 aliphatic rings. The largest absolute Gasteiger partial charge is 0.471 e. The van der Waals surface area contributed by atoms with Gasteiger partial charge in [-0.15, -0.1) is 0 Å². The summed E-state index contributed by atoms with van der Waals surface area (Å²) in [7, 11) is 0. The highest BCUT2D eigenvalue weighted by Crippen LogP contribution is 1.75. The molecule has 0 rings (SSSR count). The predicted octanol–water partition coefficient (Wildman–Crippen LogP) is 0.575. The molecule has 2 N–H and O–H groups in total. The molecule has 4 nitrogen and oxygen atoms in total. The molecule has 0 bridgehead atoms. The monoisotopic (exact) mass is 149 g/mol. The van der Waals surface area contributed by atoms with Crippen molar-refractivity contribution >= 4 is 23.5 Å². The van der Waals surface area contributed by atoms with Crippen LogP contribution in [0.5, 0.6) is 0 Å². The minimum absolute atomic E-state index is 0.106. The van der Waals surface area contributed by atoms with Crippen molar-refractivity contribution in [1.29, 1.82) is 0 Å². The van der Waals surface area contributed by atoms with Crippen LogP contribution in [0.4, 0.5) is 4.79 Å². The highest BCUT2D eigenvalue weighted by atomic mass is 32.1. The van der Waals surface area contributed by atoms with Crippen LogP contribution in [-0.4, -0.2) is 23.0 Å². The number of carbonyl (C=O) groups is 1. The van der Waals surface area contributed by atoms with E-state index in [1.165, 1.54) is 0 Å². The van der Waals surface area contributed by atoms with Crippen molar-refractivity contribution < 1.29 is 14.6 Å². The van der Waals surface area contributed by atoms with Crippen LogP contribution in [-0.2, 0) is 4.74 Å². The van der Waals surface area contributed by atoms with Gasteiger partial charge in [-0.1, -0.05) is 0 Å². The minimum atomic E-state index is -1.20. The smallest absolute Gasteiger partial charge is 0.412 e. The Hall–Kier alpha value is -0.840. The number of nitrogens with one attached hydrogen (secondary N) is 1. The normalized spacial score (nSPS) is 8.11. The molecule has 1 amide bonds. The second-order valence-electron chi connectivity index (χ2n) is 1.15. The van der Waals surface area contributed by atoms with Crippen molar-refractivity contribution in [3.8, 4) is 0 Å². The summed E-state index contributed by atoms with van der Waals surface area (Å²) >= 11 is 4.42. The quantitative estimate of drug-likeness (QED) is 0.535. The molecule has 0 aliphatic carbocycles. The fraction of sp³-hybridized carbons (Fsp3) is 0.500. The maximum Gasteiger partial charge on any atom is 0.412 e. The van der Waals surface area contributed by atoms with Crippen LogP contribution in [0.3, 0.4) is 0 Å². The molecule has 9 heavy (non-hydrogen) atoms. The van der Waals surface area contributed by atoms with E-state index in [0.717, 1.165) is 0 Å². The molecular formula is C4H7NO3S. The molecule has 0 aliphatic heterocycles. The summed E-state index contributed by atoms with van der Waals surface area (Å²) in [5.74, 6) is 0. The van der Waals surface area contributed by atoms with Gasteiger partial charge in [-0.05, 0) is 19.1 Å². The van der Waals surface area contributed by atoms with E-state index in [0.29, 0.717) is 6.61 Å². The second kappa shape index (κ2) is 4.08.